The summed E-state index contributed by atoms with van der Waals surface area (Å²) in [7, 11) is -1.54. The Morgan fingerprint density at radius 3 is 2.30 bits per heavy atom. The third kappa shape index (κ3) is 10.4. The number of ether oxygens (including phenoxy) is 3. The van der Waals surface area contributed by atoms with Crippen molar-refractivity contribution in [1.29, 1.82) is 0 Å². The first kappa shape index (κ1) is 38.3. The minimum Gasteiger partial charge on any atom is -0.444 e. The van der Waals surface area contributed by atoms with E-state index in [1.807, 2.05) is 5.32 Å². The minimum atomic E-state index is -4.74. The van der Waals surface area contributed by atoms with E-state index in [-0.39, 0.29) is 29.2 Å². The number of urea groups is 1. The zero-order valence-electron chi connectivity index (χ0n) is 27.5. The highest BCUT2D eigenvalue weighted by Gasteiger charge is 2.47. The second-order valence-corrected chi connectivity index (χ2v) is 19.3. The molecule has 47 heavy (non-hydrogen) atoms. The molecule has 0 aliphatic carbocycles. The summed E-state index contributed by atoms with van der Waals surface area (Å²) < 4.78 is 114. The third-order valence-electron chi connectivity index (χ3n) is 7.23. The Labute approximate surface area is 269 Å². The average Bonchev–Trinajstić information content (AvgIpc) is 3.45. The molecule has 1 fully saturated rings. The monoisotopic (exact) mass is 701 g/mol. The molecular weight excluding hydrogens is 659 g/mol. The molecule has 2 heterocycles. The number of nitrogens with one attached hydrogen (secondary N) is 2. The summed E-state index contributed by atoms with van der Waals surface area (Å²) in [6.07, 6.45) is -14.1. The van der Waals surface area contributed by atoms with Gasteiger partial charge >= 0.3 is 24.5 Å². The maximum atomic E-state index is 16.1. The maximum absolute atomic E-state index is 16.1. The van der Waals surface area contributed by atoms with E-state index in [1.165, 1.54) is 23.6 Å². The number of rotatable bonds is 12. The predicted octanol–water partition coefficient (Wildman–Crippen LogP) is 6.87. The fraction of sp³-hybridized carbons (Fsp3) is 0.690. The van der Waals surface area contributed by atoms with Crippen LogP contribution >= 0.6 is 0 Å². The number of benzene rings is 1. The summed E-state index contributed by atoms with van der Waals surface area (Å²) >= 11 is 0. The lowest BCUT2D eigenvalue weighted by Gasteiger charge is -2.30. The number of aromatic nitrogens is 2. The van der Waals surface area contributed by atoms with Crippen molar-refractivity contribution in [1.82, 2.24) is 25.1 Å². The molecule has 10 nitrogen and oxygen atoms in total. The number of hydrogen-bond donors (Lipinski definition) is 2. The highest BCUT2D eigenvalue weighted by Crippen LogP contribution is 2.32. The van der Waals surface area contributed by atoms with Gasteiger partial charge in [0, 0.05) is 20.2 Å². The summed E-state index contributed by atoms with van der Waals surface area (Å²) in [5.74, 6) is -1.09. The summed E-state index contributed by atoms with van der Waals surface area (Å²) in [6.45, 7) is 12.1. The molecule has 0 unspecified atom stereocenters. The van der Waals surface area contributed by atoms with Crippen LogP contribution in [-0.4, -0.2) is 84.0 Å². The number of imidazole rings is 1. The Morgan fingerprint density at radius 2 is 1.77 bits per heavy atom. The quantitative estimate of drug-likeness (QED) is 0.142. The Balaban J connectivity index is 2.09. The third-order valence-corrected chi connectivity index (χ3v) is 8.93. The molecular formula is C29H42F7N5O5Si. The van der Waals surface area contributed by atoms with Crippen molar-refractivity contribution in [2.24, 2.45) is 0 Å². The maximum Gasteiger partial charge on any atom is 0.414 e. The first-order chi connectivity index (χ1) is 21.4. The normalized spacial score (nSPS) is 18.3. The summed E-state index contributed by atoms with van der Waals surface area (Å²) in [6, 6.07) is -1.12. The number of hydrogen-bond acceptors (Lipinski definition) is 6. The lowest BCUT2D eigenvalue weighted by atomic mass is 10.1. The Kier molecular flexibility index (Phi) is 11.5. The number of carbonyl (C=O) groups excluding carboxylic acids is 2. The van der Waals surface area contributed by atoms with E-state index in [9.17, 15) is 35.9 Å². The van der Waals surface area contributed by atoms with E-state index in [1.54, 1.807) is 20.8 Å². The van der Waals surface area contributed by atoms with Crippen LogP contribution in [0.5, 0.6) is 0 Å². The molecule has 266 valence electrons. The summed E-state index contributed by atoms with van der Waals surface area (Å²) in [5.41, 5.74) is -1.31. The number of fused-ring (bicyclic) bond motifs is 1. The van der Waals surface area contributed by atoms with E-state index >= 15 is 4.39 Å². The van der Waals surface area contributed by atoms with Gasteiger partial charge in [0.25, 0.3) is 0 Å². The number of nitrogens with zero attached hydrogens (tertiary/aromatic N) is 3. The van der Waals surface area contributed by atoms with Gasteiger partial charge in [-0.25, -0.2) is 19.0 Å². The zero-order valence-corrected chi connectivity index (χ0v) is 28.5. The topological polar surface area (TPSA) is 107 Å². The molecule has 18 heteroatoms. The van der Waals surface area contributed by atoms with E-state index in [4.69, 9.17) is 14.2 Å². The van der Waals surface area contributed by atoms with Gasteiger partial charge in [0.05, 0.1) is 24.7 Å². The van der Waals surface area contributed by atoms with Crippen LogP contribution in [0.2, 0.25) is 25.7 Å². The van der Waals surface area contributed by atoms with Crippen LogP contribution in [0, 0.1) is 5.82 Å². The minimum absolute atomic E-state index is 0.118. The van der Waals surface area contributed by atoms with Crippen LogP contribution in [0.1, 0.15) is 52.0 Å². The summed E-state index contributed by atoms with van der Waals surface area (Å²) in [5, 5.41) is 4.33. The molecule has 0 spiro atoms. The van der Waals surface area contributed by atoms with Gasteiger partial charge in [-0.05, 0) is 46.7 Å². The van der Waals surface area contributed by atoms with Gasteiger partial charge in [-0.1, -0.05) is 25.7 Å². The number of alkyl halides is 6. The highest BCUT2D eigenvalue weighted by molar-refractivity contribution is 6.76. The SMILES string of the molecule is C[C@@H](O[C@H](C)C(F)(F)F)[C@H](NC(=O)OC(C)(C)C)c1nc2c(F)c(CN3C[C@@H](C(F)(F)F)NC3=O)ccc2n1COCC[Si](C)(C)C. The number of amides is 3. The fourth-order valence-electron chi connectivity index (χ4n) is 4.67. The van der Waals surface area contributed by atoms with Crippen LogP contribution < -0.4 is 10.6 Å². The lowest BCUT2D eigenvalue weighted by Crippen LogP contribution is -2.43. The molecule has 1 aromatic heterocycles. The summed E-state index contributed by atoms with van der Waals surface area (Å²) in [4.78, 5) is 30.3. The van der Waals surface area contributed by atoms with Crippen LogP contribution in [-0.2, 0) is 27.5 Å². The van der Waals surface area contributed by atoms with E-state index in [0.717, 1.165) is 17.9 Å². The second kappa shape index (κ2) is 14.2. The van der Waals surface area contributed by atoms with Gasteiger partial charge in [0.15, 0.2) is 11.9 Å². The smallest absolute Gasteiger partial charge is 0.414 e. The molecule has 1 aliphatic rings. The lowest BCUT2D eigenvalue weighted by molar-refractivity contribution is -0.227. The molecule has 3 amide bonds. The van der Waals surface area contributed by atoms with Crippen molar-refractivity contribution in [2.45, 2.75) is 116 Å². The standard InChI is InChI=1S/C29H42F7N5O5Si/c1-16(45-17(2)28(31,32)33)22(39-26(43)46-27(3,4)5)24-38-23-19(41(24)15-44-11-12-47(6,7)8)10-9-18(21(23)30)13-40-14-20(29(34,35)36)37-25(40)42/h9-10,16-17,20,22H,11-15H2,1-8H3,(H,37,42)(H,39,43)/t16-,17-,20+,22+/m1/s1. The van der Waals surface area contributed by atoms with Crippen LogP contribution in [0.15, 0.2) is 12.1 Å². The Morgan fingerprint density at radius 1 is 1.13 bits per heavy atom. The van der Waals surface area contributed by atoms with Gasteiger partial charge in [-0.2, -0.15) is 26.3 Å². The molecule has 1 saturated heterocycles. The van der Waals surface area contributed by atoms with Crippen molar-refractivity contribution in [2.75, 3.05) is 13.2 Å². The molecule has 1 aromatic carbocycles. The largest absolute Gasteiger partial charge is 0.444 e. The van der Waals surface area contributed by atoms with Gasteiger partial charge < -0.3 is 34.3 Å². The van der Waals surface area contributed by atoms with Crippen molar-refractivity contribution in [3.05, 3.63) is 29.3 Å². The second-order valence-electron chi connectivity index (χ2n) is 13.7. The van der Waals surface area contributed by atoms with E-state index < -0.39 is 81.4 Å². The Bertz CT molecular complexity index is 1420. The first-order valence-corrected chi connectivity index (χ1v) is 18.7. The molecule has 1 aliphatic heterocycles. The predicted molar refractivity (Wildman–Crippen MR) is 161 cm³/mol. The first-order valence-electron chi connectivity index (χ1n) is 15.0. The average molecular weight is 702 g/mol. The number of alkyl carbamates (subject to hydrolysis) is 1. The molecule has 0 saturated carbocycles. The number of carbonyl (C=O) groups is 2. The van der Waals surface area contributed by atoms with Gasteiger partial charge in [-0.3, -0.25) is 0 Å². The van der Waals surface area contributed by atoms with Crippen LogP contribution in [0.25, 0.3) is 11.0 Å². The van der Waals surface area contributed by atoms with Crippen LogP contribution in [0.4, 0.5) is 40.3 Å². The van der Waals surface area contributed by atoms with Gasteiger partial charge in [0.2, 0.25) is 0 Å². The zero-order chi connectivity index (χ0) is 35.7. The Hall–Kier alpha value is -3.12. The van der Waals surface area contributed by atoms with Gasteiger partial charge in [-0.15, -0.1) is 0 Å². The van der Waals surface area contributed by atoms with Crippen LogP contribution in [0.3, 0.4) is 0 Å². The highest BCUT2D eigenvalue weighted by atomic mass is 28.3. The van der Waals surface area contributed by atoms with Crippen molar-refractivity contribution >= 4 is 31.2 Å². The van der Waals surface area contributed by atoms with Crippen molar-refractivity contribution in [3.63, 3.8) is 0 Å². The van der Waals surface area contributed by atoms with Crippen molar-refractivity contribution in [3.8, 4) is 0 Å². The molecule has 0 radical (unpaired) electrons. The van der Waals surface area contributed by atoms with E-state index in [0.29, 0.717) is 6.61 Å². The van der Waals surface area contributed by atoms with Crippen molar-refractivity contribution < 1.29 is 54.5 Å². The molecule has 2 aromatic rings. The van der Waals surface area contributed by atoms with E-state index in [2.05, 4.69) is 29.9 Å². The fourth-order valence-corrected chi connectivity index (χ4v) is 5.43. The molecule has 3 rings (SSSR count). The molecule has 0 bridgehead atoms. The molecule has 4 atom stereocenters. The molecule has 2 N–H and O–H groups in total. The number of halogens is 7. The van der Waals surface area contributed by atoms with Gasteiger partial charge in [0.1, 0.15) is 35.8 Å².